The maximum Gasteiger partial charge on any atom is 0.317 e. The molecule has 0 unspecified atom stereocenters. The van der Waals surface area contributed by atoms with Crippen molar-refractivity contribution in [3.8, 4) is 0 Å². The number of aliphatic carboxylic acids is 1. The Labute approximate surface area is 122 Å². The number of nitrogens with zero attached hydrogens (tertiary/aromatic N) is 3. The molecule has 1 aliphatic heterocycles. The van der Waals surface area contributed by atoms with Gasteiger partial charge in [-0.1, -0.05) is 12.1 Å². The zero-order chi connectivity index (χ0) is 15.2. The first-order valence-electron chi connectivity index (χ1n) is 6.94. The number of nitro benzene ring substituents is 1. The predicted molar refractivity (Wildman–Crippen MR) is 77.1 cm³/mol. The van der Waals surface area contributed by atoms with Crippen LogP contribution in [0.4, 0.5) is 5.69 Å². The van der Waals surface area contributed by atoms with E-state index in [9.17, 15) is 14.9 Å². The smallest absolute Gasteiger partial charge is 0.317 e. The molecule has 1 aromatic rings. The van der Waals surface area contributed by atoms with E-state index in [0.29, 0.717) is 0 Å². The molecule has 21 heavy (non-hydrogen) atoms. The monoisotopic (exact) mass is 293 g/mol. The number of non-ortho nitro benzene ring substituents is 1. The second-order valence-electron chi connectivity index (χ2n) is 5.22. The SMILES string of the molecule is O=C(O)CN1CCCN(Cc2ccc([N+](=O)[O-])cc2)CC1. The molecule has 114 valence electrons. The van der Waals surface area contributed by atoms with Gasteiger partial charge >= 0.3 is 5.97 Å². The Morgan fingerprint density at radius 3 is 2.38 bits per heavy atom. The summed E-state index contributed by atoms with van der Waals surface area (Å²) in [4.78, 5) is 25.1. The van der Waals surface area contributed by atoms with Crippen molar-refractivity contribution in [3.63, 3.8) is 0 Å². The molecule has 0 aromatic heterocycles. The van der Waals surface area contributed by atoms with E-state index in [-0.39, 0.29) is 12.2 Å². The van der Waals surface area contributed by atoms with Crippen LogP contribution in [-0.2, 0) is 11.3 Å². The lowest BCUT2D eigenvalue weighted by molar-refractivity contribution is -0.384. The van der Waals surface area contributed by atoms with Crippen molar-refractivity contribution >= 4 is 11.7 Å². The van der Waals surface area contributed by atoms with Gasteiger partial charge < -0.3 is 5.11 Å². The third-order valence-electron chi connectivity index (χ3n) is 3.59. The summed E-state index contributed by atoms with van der Waals surface area (Å²) in [5.74, 6) is -0.793. The zero-order valence-corrected chi connectivity index (χ0v) is 11.8. The Bertz CT molecular complexity index is 503. The van der Waals surface area contributed by atoms with Crippen LogP contribution < -0.4 is 0 Å². The van der Waals surface area contributed by atoms with Gasteiger partial charge in [0.25, 0.3) is 5.69 Å². The molecular formula is C14H19N3O4. The molecule has 0 atom stereocenters. The molecule has 0 bridgehead atoms. The minimum Gasteiger partial charge on any atom is -0.480 e. The molecule has 7 nitrogen and oxygen atoms in total. The van der Waals surface area contributed by atoms with E-state index in [1.165, 1.54) is 12.1 Å². The van der Waals surface area contributed by atoms with Gasteiger partial charge in [-0.25, -0.2) is 0 Å². The molecule has 7 heteroatoms. The van der Waals surface area contributed by atoms with Crippen molar-refractivity contribution in [2.45, 2.75) is 13.0 Å². The van der Waals surface area contributed by atoms with Gasteiger partial charge in [0, 0.05) is 38.3 Å². The molecule has 0 saturated carbocycles. The van der Waals surface area contributed by atoms with Crippen molar-refractivity contribution in [2.75, 3.05) is 32.7 Å². The minimum absolute atomic E-state index is 0.0887. The van der Waals surface area contributed by atoms with Gasteiger partial charge in [-0.2, -0.15) is 0 Å². The van der Waals surface area contributed by atoms with Crippen LogP contribution in [0.5, 0.6) is 0 Å². The fourth-order valence-electron chi connectivity index (χ4n) is 2.51. The first kappa shape index (κ1) is 15.4. The van der Waals surface area contributed by atoms with Crippen molar-refractivity contribution in [3.05, 3.63) is 39.9 Å². The predicted octanol–water partition coefficient (Wildman–Crippen LogP) is 1.19. The first-order valence-corrected chi connectivity index (χ1v) is 6.94. The highest BCUT2D eigenvalue weighted by Crippen LogP contribution is 2.14. The number of carboxylic acid groups (broad SMARTS) is 1. The van der Waals surface area contributed by atoms with E-state index in [0.717, 1.165) is 44.7 Å². The lowest BCUT2D eigenvalue weighted by atomic mass is 10.2. The number of rotatable bonds is 5. The number of nitro groups is 1. The summed E-state index contributed by atoms with van der Waals surface area (Å²) in [5.41, 5.74) is 1.13. The lowest BCUT2D eigenvalue weighted by Crippen LogP contribution is -2.34. The second-order valence-corrected chi connectivity index (χ2v) is 5.22. The average Bonchev–Trinajstić information content (AvgIpc) is 2.64. The summed E-state index contributed by atoms with van der Waals surface area (Å²) in [6, 6.07) is 6.59. The summed E-state index contributed by atoms with van der Waals surface area (Å²) in [5, 5.41) is 19.4. The standard InChI is InChI=1S/C14H19N3O4/c18-14(19)11-16-7-1-6-15(8-9-16)10-12-2-4-13(5-3-12)17(20)21/h2-5H,1,6-11H2,(H,18,19). The van der Waals surface area contributed by atoms with Crippen LogP contribution in [0.1, 0.15) is 12.0 Å². The van der Waals surface area contributed by atoms with E-state index < -0.39 is 10.9 Å². The molecule has 0 spiro atoms. The quantitative estimate of drug-likeness (QED) is 0.648. The third kappa shape index (κ3) is 4.80. The molecule has 1 heterocycles. The maximum absolute atomic E-state index is 10.7. The van der Waals surface area contributed by atoms with Crippen LogP contribution in [0.25, 0.3) is 0 Å². The highest BCUT2D eigenvalue weighted by Gasteiger charge is 2.17. The van der Waals surface area contributed by atoms with E-state index in [4.69, 9.17) is 5.11 Å². The summed E-state index contributed by atoms with van der Waals surface area (Å²) >= 11 is 0. The minimum atomic E-state index is -0.793. The van der Waals surface area contributed by atoms with Gasteiger partial charge in [-0.15, -0.1) is 0 Å². The average molecular weight is 293 g/mol. The van der Waals surface area contributed by atoms with Crippen molar-refractivity contribution in [1.82, 2.24) is 9.80 Å². The van der Waals surface area contributed by atoms with Gasteiger partial charge in [0.2, 0.25) is 0 Å². The van der Waals surface area contributed by atoms with Crippen LogP contribution >= 0.6 is 0 Å². The number of hydrogen-bond acceptors (Lipinski definition) is 5. The highest BCUT2D eigenvalue weighted by atomic mass is 16.6. The Balaban J connectivity index is 1.88. The van der Waals surface area contributed by atoms with Gasteiger partial charge in [0.15, 0.2) is 0 Å². The largest absolute Gasteiger partial charge is 0.480 e. The van der Waals surface area contributed by atoms with Crippen molar-refractivity contribution in [1.29, 1.82) is 0 Å². The van der Waals surface area contributed by atoms with Crippen LogP contribution in [0.15, 0.2) is 24.3 Å². The highest BCUT2D eigenvalue weighted by molar-refractivity contribution is 5.69. The molecule has 0 amide bonds. The van der Waals surface area contributed by atoms with Gasteiger partial charge in [0.05, 0.1) is 11.5 Å². The first-order chi connectivity index (χ1) is 10.0. The lowest BCUT2D eigenvalue weighted by Gasteiger charge is -2.20. The molecule has 0 radical (unpaired) electrons. The van der Waals surface area contributed by atoms with Crippen LogP contribution in [0.2, 0.25) is 0 Å². The molecule has 1 N–H and O–H groups in total. The van der Waals surface area contributed by atoms with E-state index >= 15 is 0 Å². The molecule has 1 aromatic carbocycles. The summed E-state index contributed by atoms with van der Waals surface area (Å²) in [6.07, 6.45) is 0.931. The molecular weight excluding hydrogens is 274 g/mol. The van der Waals surface area contributed by atoms with Gasteiger partial charge in [-0.3, -0.25) is 24.7 Å². The van der Waals surface area contributed by atoms with Gasteiger partial charge in [0.1, 0.15) is 0 Å². The fraction of sp³-hybridized carbons (Fsp3) is 0.500. The van der Waals surface area contributed by atoms with Gasteiger partial charge in [-0.05, 0) is 18.5 Å². The molecule has 0 aliphatic carbocycles. The van der Waals surface area contributed by atoms with Crippen molar-refractivity contribution in [2.24, 2.45) is 0 Å². The Kier molecular flexibility index (Phi) is 5.24. The topological polar surface area (TPSA) is 86.9 Å². The Hall–Kier alpha value is -1.99. The third-order valence-corrected chi connectivity index (χ3v) is 3.59. The molecule has 1 fully saturated rings. The maximum atomic E-state index is 10.7. The summed E-state index contributed by atoms with van der Waals surface area (Å²) in [6.45, 7) is 4.07. The Morgan fingerprint density at radius 1 is 1.14 bits per heavy atom. The number of benzene rings is 1. The number of carboxylic acids is 1. The fourth-order valence-corrected chi connectivity index (χ4v) is 2.51. The van der Waals surface area contributed by atoms with E-state index in [1.807, 2.05) is 4.90 Å². The van der Waals surface area contributed by atoms with Crippen LogP contribution in [-0.4, -0.2) is 58.5 Å². The normalized spacial score (nSPS) is 17.3. The molecule has 1 saturated heterocycles. The van der Waals surface area contributed by atoms with E-state index in [1.54, 1.807) is 12.1 Å². The van der Waals surface area contributed by atoms with Crippen molar-refractivity contribution < 1.29 is 14.8 Å². The van der Waals surface area contributed by atoms with Crippen LogP contribution in [0.3, 0.4) is 0 Å². The summed E-state index contributed by atoms with van der Waals surface area (Å²) in [7, 11) is 0. The Morgan fingerprint density at radius 2 is 1.76 bits per heavy atom. The second kappa shape index (κ2) is 7.14. The van der Waals surface area contributed by atoms with E-state index in [2.05, 4.69) is 4.90 Å². The van der Waals surface area contributed by atoms with Crippen LogP contribution in [0, 0.1) is 10.1 Å². The zero-order valence-electron chi connectivity index (χ0n) is 11.8. The number of hydrogen-bond donors (Lipinski definition) is 1. The summed E-state index contributed by atoms with van der Waals surface area (Å²) < 4.78 is 0. The number of carbonyl (C=O) groups is 1. The molecule has 1 aliphatic rings. The molecule has 2 rings (SSSR count).